The molecule has 2 heterocycles. The van der Waals surface area contributed by atoms with Crippen molar-refractivity contribution in [3.63, 3.8) is 0 Å². The summed E-state index contributed by atoms with van der Waals surface area (Å²) >= 11 is 1.56. The second kappa shape index (κ2) is 7.59. The molecule has 0 aliphatic carbocycles. The summed E-state index contributed by atoms with van der Waals surface area (Å²) in [6, 6.07) is 0. The molecule has 1 aliphatic rings. The Morgan fingerprint density at radius 2 is 2.30 bits per heavy atom. The maximum atomic E-state index is 11.2. The lowest BCUT2D eigenvalue weighted by Gasteiger charge is -2.30. The van der Waals surface area contributed by atoms with E-state index >= 15 is 0 Å². The molecule has 1 aromatic rings. The van der Waals surface area contributed by atoms with Crippen LogP contribution in [0.15, 0.2) is 5.38 Å². The van der Waals surface area contributed by atoms with Gasteiger partial charge in [0.15, 0.2) is 5.13 Å². The summed E-state index contributed by atoms with van der Waals surface area (Å²) in [5.74, 6) is 0.486. The van der Waals surface area contributed by atoms with Crippen LogP contribution in [-0.4, -0.2) is 49.1 Å². The Labute approximate surface area is 124 Å². The molecule has 1 N–H and O–H groups in total. The number of carbonyl (C=O) groups excluding carboxylic acids is 1. The summed E-state index contributed by atoms with van der Waals surface area (Å²) in [5.41, 5.74) is 0.783. The van der Waals surface area contributed by atoms with Crippen LogP contribution < -0.4 is 5.32 Å². The first-order valence-corrected chi connectivity index (χ1v) is 8.06. The van der Waals surface area contributed by atoms with E-state index in [2.05, 4.69) is 26.9 Å². The summed E-state index contributed by atoms with van der Waals surface area (Å²) in [4.78, 5) is 18.1. The molecule has 1 aliphatic heterocycles. The number of rotatable bonds is 6. The van der Waals surface area contributed by atoms with Crippen molar-refractivity contribution in [3.05, 3.63) is 11.1 Å². The predicted octanol–water partition coefficient (Wildman–Crippen LogP) is 2.00. The molecule has 20 heavy (non-hydrogen) atoms. The number of esters is 1. The van der Waals surface area contributed by atoms with Crippen LogP contribution in [0.25, 0.3) is 0 Å². The molecule has 0 unspecified atom stereocenters. The highest BCUT2D eigenvalue weighted by Gasteiger charge is 2.18. The van der Waals surface area contributed by atoms with Gasteiger partial charge in [0.25, 0.3) is 0 Å². The number of hydrogen-bond acceptors (Lipinski definition) is 6. The molecule has 0 saturated carbocycles. The number of nitrogens with zero attached hydrogens (tertiary/aromatic N) is 2. The van der Waals surface area contributed by atoms with Gasteiger partial charge in [-0.25, -0.2) is 4.98 Å². The zero-order chi connectivity index (χ0) is 14.4. The molecule has 1 saturated heterocycles. The molecule has 5 nitrogen and oxygen atoms in total. The SMILES string of the molecule is CCN1CCC(CNc2nc(CC(=O)OC)cs2)CC1. The van der Waals surface area contributed by atoms with Crippen molar-refractivity contribution in [2.45, 2.75) is 26.2 Å². The van der Waals surface area contributed by atoms with Crippen LogP contribution in [0, 0.1) is 5.92 Å². The number of piperidine rings is 1. The average molecular weight is 297 g/mol. The molecule has 6 heteroatoms. The van der Waals surface area contributed by atoms with Gasteiger partial charge in [0, 0.05) is 11.9 Å². The van der Waals surface area contributed by atoms with Crippen LogP contribution >= 0.6 is 11.3 Å². The zero-order valence-electron chi connectivity index (χ0n) is 12.2. The zero-order valence-corrected chi connectivity index (χ0v) is 13.0. The highest BCUT2D eigenvalue weighted by atomic mass is 32.1. The molecule has 112 valence electrons. The van der Waals surface area contributed by atoms with Crippen molar-refractivity contribution < 1.29 is 9.53 Å². The average Bonchev–Trinajstić information content (AvgIpc) is 2.93. The largest absolute Gasteiger partial charge is 0.469 e. The summed E-state index contributed by atoms with van der Waals surface area (Å²) in [7, 11) is 1.40. The maximum absolute atomic E-state index is 11.2. The summed E-state index contributed by atoms with van der Waals surface area (Å²) < 4.78 is 4.64. The highest BCUT2D eigenvalue weighted by molar-refractivity contribution is 7.13. The lowest BCUT2D eigenvalue weighted by Crippen LogP contribution is -2.35. The smallest absolute Gasteiger partial charge is 0.311 e. The van der Waals surface area contributed by atoms with E-state index < -0.39 is 0 Å². The lowest BCUT2D eigenvalue weighted by atomic mass is 9.97. The molecule has 0 atom stereocenters. The number of nitrogens with one attached hydrogen (secondary N) is 1. The number of methoxy groups -OCH3 is 1. The van der Waals surface area contributed by atoms with Gasteiger partial charge in [-0.1, -0.05) is 6.92 Å². The number of likely N-dealkylation sites (tertiary alicyclic amines) is 1. The van der Waals surface area contributed by atoms with Gasteiger partial charge in [-0.05, 0) is 38.4 Å². The fraction of sp³-hybridized carbons (Fsp3) is 0.714. The molecule has 0 bridgehead atoms. The Hall–Kier alpha value is -1.14. The van der Waals surface area contributed by atoms with Crippen LogP contribution in [-0.2, 0) is 16.0 Å². The lowest BCUT2D eigenvalue weighted by molar-refractivity contribution is -0.139. The van der Waals surface area contributed by atoms with E-state index in [-0.39, 0.29) is 12.4 Å². The van der Waals surface area contributed by atoms with Gasteiger partial charge in [-0.3, -0.25) is 4.79 Å². The van der Waals surface area contributed by atoms with Gasteiger partial charge < -0.3 is 15.0 Å². The van der Waals surface area contributed by atoms with E-state index in [1.54, 1.807) is 11.3 Å². The summed E-state index contributed by atoms with van der Waals surface area (Å²) in [6.45, 7) is 6.76. The number of ether oxygens (including phenoxy) is 1. The molecule has 0 spiro atoms. The molecule has 1 aromatic heterocycles. The standard InChI is InChI=1S/C14H23N3O2S/c1-3-17-6-4-11(5-7-17)9-15-14-16-12(10-20-14)8-13(18)19-2/h10-11H,3-9H2,1-2H3,(H,15,16). The molecule has 0 radical (unpaired) electrons. The van der Waals surface area contributed by atoms with Gasteiger partial charge in [0.1, 0.15) is 0 Å². The fourth-order valence-electron chi connectivity index (χ4n) is 2.43. The van der Waals surface area contributed by atoms with Crippen LogP contribution in [0.4, 0.5) is 5.13 Å². The van der Waals surface area contributed by atoms with Crippen molar-refractivity contribution in [2.24, 2.45) is 5.92 Å². The minimum atomic E-state index is -0.242. The molecule has 0 aromatic carbocycles. The van der Waals surface area contributed by atoms with E-state index in [0.717, 1.165) is 29.8 Å². The summed E-state index contributed by atoms with van der Waals surface area (Å²) in [6.07, 6.45) is 2.76. The minimum absolute atomic E-state index is 0.242. The van der Waals surface area contributed by atoms with Crippen LogP contribution in [0.5, 0.6) is 0 Å². The van der Waals surface area contributed by atoms with Gasteiger partial charge in [-0.2, -0.15) is 0 Å². The van der Waals surface area contributed by atoms with E-state index in [1.165, 1.54) is 33.0 Å². The first kappa shape index (κ1) is 15.3. The van der Waals surface area contributed by atoms with Crippen LogP contribution in [0.3, 0.4) is 0 Å². The molecular formula is C14H23N3O2S. The Bertz CT molecular complexity index is 428. The maximum Gasteiger partial charge on any atom is 0.311 e. The van der Waals surface area contributed by atoms with Gasteiger partial charge in [-0.15, -0.1) is 11.3 Å². The van der Waals surface area contributed by atoms with Crippen molar-refractivity contribution in [2.75, 3.05) is 38.6 Å². The monoisotopic (exact) mass is 297 g/mol. The Balaban J connectivity index is 1.73. The topological polar surface area (TPSA) is 54.5 Å². The normalized spacial score (nSPS) is 17.1. The Morgan fingerprint density at radius 3 is 2.95 bits per heavy atom. The molecule has 0 amide bonds. The van der Waals surface area contributed by atoms with Crippen molar-refractivity contribution in [3.8, 4) is 0 Å². The summed E-state index contributed by atoms with van der Waals surface area (Å²) in [5, 5.41) is 6.22. The number of hydrogen-bond donors (Lipinski definition) is 1. The fourth-order valence-corrected chi connectivity index (χ4v) is 3.15. The first-order valence-electron chi connectivity index (χ1n) is 7.18. The third kappa shape index (κ3) is 4.45. The third-order valence-electron chi connectivity index (χ3n) is 3.80. The van der Waals surface area contributed by atoms with Crippen LogP contribution in [0.2, 0.25) is 0 Å². The molecular weight excluding hydrogens is 274 g/mol. The van der Waals surface area contributed by atoms with Crippen molar-refractivity contribution >= 4 is 22.4 Å². The second-order valence-electron chi connectivity index (χ2n) is 5.16. The van der Waals surface area contributed by atoms with Gasteiger partial charge in [0.2, 0.25) is 0 Å². The molecule has 2 rings (SSSR count). The van der Waals surface area contributed by atoms with Crippen molar-refractivity contribution in [1.82, 2.24) is 9.88 Å². The van der Waals surface area contributed by atoms with E-state index in [4.69, 9.17) is 0 Å². The molecule has 1 fully saturated rings. The van der Waals surface area contributed by atoms with Gasteiger partial charge in [0.05, 0.1) is 19.2 Å². The number of thiazole rings is 1. The highest BCUT2D eigenvalue weighted by Crippen LogP contribution is 2.20. The predicted molar refractivity (Wildman–Crippen MR) is 81.2 cm³/mol. The van der Waals surface area contributed by atoms with Gasteiger partial charge >= 0.3 is 5.97 Å². The minimum Gasteiger partial charge on any atom is -0.469 e. The van der Waals surface area contributed by atoms with Crippen molar-refractivity contribution in [1.29, 1.82) is 0 Å². The second-order valence-corrected chi connectivity index (χ2v) is 6.01. The first-order chi connectivity index (χ1) is 9.71. The number of carbonyl (C=O) groups is 1. The quantitative estimate of drug-likeness (QED) is 0.814. The number of aromatic nitrogens is 1. The van der Waals surface area contributed by atoms with Crippen LogP contribution in [0.1, 0.15) is 25.5 Å². The van der Waals surface area contributed by atoms with E-state index in [0.29, 0.717) is 0 Å². The Kier molecular flexibility index (Phi) is 5.79. The van der Waals surface area contributed by atoms with E-state index in [1.807, 2.05) is 5.38 Å². The number of anilines is 1. The van der Waals surface area contributed by atoms with E-state index in [9.17, 15) is 4.79 Å². The Morgan fingerprint density at radius 1 is 1.55 bits per heavy atom. The third-order valence-corrected chi connectivity index (χ3v) is 4.65.